The van der Waals surface area contributed by atoms with Crippen molar-refractivity contribution >= 4 is 10.9 Å². The van der Waals surface area contributed by atoms with Crippen LogP contribution in [0.3, 0.4) is 0 Å². The molecule has 0 atom stereocenters. The normalized spacial score (nSPS) is 10.8. The van der Waals surface area contributed by atoms with E-state index in [9.17, 15) is 0 Å². The number of fused-ring (bicyclic) bond motifs is 1. The predicted octanol–water partition coefficient (Wildman–Crippen LogP) is 3.10. The number of nitrogens with two attached hydrogens (primary N) is 1. The Labute approximate surface area is 118 Å². The zero-order valence-corrected chi connectivity index (χ0v) is 11.3. The van der Waals surface area contributed by atoms with Gasteiger partial charge in [-0.1, -0.05) is 42.5 Å². The van der Waals surface area contributed by atoms with Gasteiger partial charge in [-0.05, 0) is 17.7 Å². The number of para-hydroxylation sites is 1. The van der Waals surface area contributed by atoms with Gasteiger partial charge in [0.25, 0.3) is 0 Å². The molecule has 0 unspecified atom stereocenters. The van der Waals surface area contributed by atoms with Gasteiger partial charge in [-0.3, -0.25) is 0 Å². The van der Waals surface area contributed by atoms with Crippen LogP contribution in [0.25, 0.3) is 10.9 Å². The SMILES string of the molecule is NCCOc1c(Cc2ccccc2)[nH]c2ccccc12. The molecule has 1 heterocycles. The second-order valence-corrected chi connectivity index (χ2v) is 4.78. The first-order chi connectivity index (χ1) is 9.88. The molecule has 0 aliphatic carbocycles. The Morgan fingerprint density at radius 3 is 2.50 bits per heavy atom. The quantitative estimate of drug-likeness (QED) is 0.745. The molecule has 0 fully saturated rings. The van der Waals surface area contributed by atoms with Gasteiger partial charge in [0.05, 0.1) is 5.69 Å². The highest BCUT2D eigenvalue weighted by atomic mass is 16.5. The monoisotopic (exact) mass is 266 g/mol. The molecule has 1 aromatic heterocycles. The predicted molar refractivity (Wildman–Crippen MR) is 82.1 cm³/mol. The molecule has 0 aliphatic heterocycles. The third kappa shape index (κ3) is 2.53. The van der Waals surface area contributed by atoms with Gasteiger partial charge in [0, 0.05) is 23.9 Å². The van der Waals surface area contributed by atoms with Crippen molar-refractivity contribution < 1.29 is 4.74 Å². The van der Waals surface area contributed by atoms with Crippen LogP contribution in [0.2, 0.25) is 0 Å². The summed E-state index contributed by atoms with van der Waals surface area (Å²) in [6, 6.07) is 18.6. The van der Waals surface area contributed by atoms with E-state index in [4.69, 9.17) is 10.5 Å². The molecule has 0 bridgehead atoms. The third-order valence-corrected chi connectivity index (χ3v) is 3.32. The average Bonchev–Trinajstić information content (AvgIpc) is 2.83. The van der Waals surface area contributed by atoms with Gasteiger partial charge >= 0.3 is 0 Å². The van der Waals surface area contributed by atoms with Gasteiger partial charge in [0.2, 0.25) is 0 Å². The molecule has 2 aromatic carbocycles. The molecular formula is C17H18N2O. The van der Waals surface area contributed by atoms with Crippen LogP contribution in [0, 0.1) is 0 Å². The van der Waals surface area contributed by atoms with Crippen molar-refractivity contribution in [3.05, 3.63) is 65.9 Å². The first-order valence-electron chi connectivity index (χ1n) is 6.85. The molecule has 0 radical (unpaired) electrons. The number of aromatic amines is 1. The average molecular weight is 266 g/mol. The van der Waals surface area contributed by atoms with Crippen LogP contribution >= 0.6 is 0 Å². The fourth-order valence-corrected chi connectivity index (χ4v) is 2.42. The summed E-state index contributed by atoms with van der Waals surface area (Å²) < 4.78 is 5.86. The fraction of sp³-hybridized carbons (Fsp3) is 0.176. The van der Waals surface area contributed by atoms with Gasteiger partial charge in [0.1, 0.15) is 12.4 Å². The van der Waals surface area contributed by atoms with Crippen LogP contribution in [0.5, 0.6) is 5.75 Å². The van der Waals surface area contributed by atoms with Crippen molar-refractivity contribution in [2.45, 2.75) is 6.42 Å². The van der Waals surface area contributed by atoms with Crippen LogP contribution < -0.4 is 10.5 Å². The topological polar surface area (TPSA) is 51.0 Å². The summed E-state index contributed by atoms with van der Waals surface area (Å²) in [6.07, 6.45) is 0.829. The van der Waals surface area contributed by atoms with Crippen molar-refractivity contribution in [1.82, 2.24) is 4.98 Å². The largest absolute Gasteiger partial charge is 0.490 e. The van der Waals surface area contributed by atoms with E-state index in [-0.39, 0.29) is 0 Å². The van der Waals surface area contributed by atoms with Crippen molar-refractivity contribution in [3.8, 4) is 5.75 Å². The smallest absolute Gasteiger partial charge is 0.148 e. The van der Waals surface area contributed by atoms with Crippen molar-refractivity contribution in [2.24, 2.45) is 5.73 Å². The van der Waals surface area contributed by atoms with E-state index in [1.165, 1.54) is 5.56 Å². The Hall–Kier alpha value is -2.26. The number of nitrogens with one attached hydrogen (secondary N) is 1. The minimum absolute atomic E-state index is 0.518. The minimum Gasteiger partial charge on any atom is -0.490 e. The number of hydrogen-bond donors (Lipinski definition) is 2. The fourth-order valence-electron chi connectivity index (χ4n) is 2.42. The highest BCUT2D eigenvalue weighted by Crippen LogP contribution is 2.31. The maximum atomic E-state index is 5.86. The number of hydrogen-bond acceptors (Lipinski definition) is 2. The molecule has 3 N–H and O–H groups in total. The molecule has 3 heteroatoms. The lowest BCUT2D eigenvalue weighted by Gasteiger charge is -2.07. The Morgan fingerprint density at radius 2 is 1.70 bits per heavy atom. The zero-order valence-electron chi connectivity index (χ0n) is 11.3. The van der Waals surface area contributed by atoms with E-state index < -0.39 is 0 Å². The highest BCUT2D eigenvalue weighted by molar-refractivity contribution is 5.87. The molecule has 3 nitrogen and oxygen atoms in total. The van der Waals surface area contributed by atoms with Crippen molar-refractivity contribution in [2.75, 3.05) is 13.2 Å². The summed E-state index contributed by atoms with van der Waals surface area (Å²) in [6.45, 7) is 1.05. The molecule has 102 valence electrons. The van der Waals surface area contributed by atoms with Gasteiger partial charge in [-0.2, -0.15) is 0 Å². The summed E-state index contributed by atoms with van der Waals surface area (Å²) in [5.41, 5.74) is 9.02. The molecule has 3 aromatic rings. The summed E-state index contributed by atoms with van der Waals surface area (Å²) in [7, 11) is 0. The summed E-state index contributed by atoms with van der Waals surface area (Å²) in [5, 5.41) is 1.12. The summed E-state index contributed by atoms with van der Waals surface area (Å²) in [4.78, 5) is 3.46. The third-order valence-electron chi connectivity index (χ3n) is 3.32. The van der Waals surface area contributed by atoms with Gasteiger partial charge < -0.3 is 15.5 Å². The number of benzene rings is 2. The number of rotatable bonds is 5. The van der Waals surface area contributed by atoms with Crippen LogP contribution in [0.4, 0.5) is 0 Å². The van der Waals surface area contributed by atoms with E-state index in [0.717, 1.165) is 28.8 Å². The van der Waals surface area contributed by atoms with Crippen LogP contribution in [-0.4, -0.2) is 18.1 Å². The van der Waals surface area contributed by atoms with E-state index in [1.807, 2.05) is 18.2 Å². The van der Waals surface area contributed by atoms with Gasteiger partial charge in [-0.25, -0.2) is 0 Å². The molecular weight excluding hydrogens is 248 g/mol. The lowest BCUT2D eigenvalue weighted by atomic mass is 10.1. The maximum absolute atomic E-state index is 5.86. The Bertz CT molecular complexity index is 689. The molecule has 3 rings (SSSR count). The molecule has 20 heavy (non-hydrogen) atoms. The number of H-pyrrole nitrogens is 1. The van der Waals surface area contributed by atoms with Gasteiger partial charge in [0.15, 0.2) is 0 Å². The lowest BCUT2D eigenvalue weighted by molar-refractivity contribution is 0.329. The van der Waals surface area contributed by atoms with Crippen molar-refractivity contribution in [3.63, 3.8) is 0 Å². The van der Waals surface area contributed by atoms with Crippen LogP contribution in [-0.2, 0) is 6.42 Å². The van der Waals surface area contributed by atoms with Gasteiger partial charge in [-0.15, -0.1) is 0 Å². The van der Waals surface area contributed by atoms with Crippen LogP contribution in [0.1, 0.15) is 11.3 Å². The summed E-state index contributed by atoms with van der Waals surface area (Å²) >= 11 is 0. The molecule has 0 saturated carbocycles. The minimum atomic E-state index is 0.518. The zero-order chi connectivity index (χ0) is 13.8. The van der Waals surface area contributed by atoms with Crippen molar-refractivity contribution in [1.29, 1.82) is 0 Å². The maximum Gasteiger partial charge on any atom is 0.148 e. The van der Waals surface area contributed by atoms with E-state index >= 15 is 0 Å². The Morgan fingerprint density at radius 1 is 0.950 bits per heavy atom. The second-order valence-electron chi connectivity index (χ2n) is 4.78. The first kappa shape index (κ1) is 12.8. The number of ether oxygens (including phenoxy) is 1. The highest BCUT2D eigenvalue weighted by Gasteiger charge is 2.12. The first-order valence-corrected chi connectivity index (χ1v) is 6.85. The molecule has 0 saturated heterocycles. The summed E-state index contributed by atoms with van der Waals surface area (Å²) in [5.74, 6) is 0.926. The molecule has 0 amide bonds. The van der Waals surface area contributed by atoms with E-state index in [0.29, 0.717) is 13.2 Å². The Kier molecular flexibility index (Phi) is 3.70. The number of aromatic nitrogens is 1. The lowest BCUT2D eigenvalue weighted by Crippen LogP contribution is -2.11. The molecule has 0 spiro atoms. The van der Waals surface area contributed by atoms with Crippen LogP contribution in [0.15, 0.2) is 54.6 Å². The Balaban J connectivity index is 2.00. The second kappa shape index (κ2) is 5.80. The van der Waals surface area contributed by atoms with E-state index in [1.54, 1.807) is 0 Å². The van der Waals surface area contributed by atoms with E-state index in [2.05, 4.69) is 41.4 Å². The standard InChI is InChI=1S/C17H18N2O/c18-10-11-20-17-14-8-4-5-9-15(14)19-16(17)12-13-6-2-1-3-7-13/h1-9,19H,10-12,18H2. The molecule has 0 aliphatic rings.